The summed E-state index contributed by atoms with van der Waals surface area (Å²) in [7, 11) is -1.15. The van der Waals surface area contributed by atoms with Crippen LogP contribution in [0.5, 0.6) is 0 Å². The summed E-state index contributed by atoms with van der Waals surface area (Å²) in [6.45, 7) is 22.3. The Bertz CT molecular complexity index is 1270. The lowest BCUT2D eigenvalue weighted by molar-refractivity contribution is 0.834. The van der Waals surface area contributed by atoms with Crippen LogP contribution >= 0.6 is 18.5 Å². The van der Waals surface area contributed by atoms with Gasteiger partial charge in [-0.25, -0.2) is 0 Å². The lowest BCUT2D eigenvalue weighted by atomic mass is 9.92. The Balaban J connectivity index is 2.28. The van der Waals surface area contributed by atoms with Gasteiger partial charge < -0.3 is 5.32 Å². The Hall–Kier alpha value is -2.41. The monoisotopic (exact) mass is 560 g/mol. The largest absolute Gasteiger partial charge is 0.358 e. The second-order valence-corrected chi connectivity index (χ2v) is 14.2. The number of rotatable bonds is 10. The van der Waals surface area contributed by atoms with E-state index in [9.17, 15) is 0 Å². The number of nitrogens with one attached hydrogen (secondary N) is 1. The normalized spacial score (nSPS) is 13.9. The highest BCUT2D eigenvalue weighted by Gasteiger charge is 2.23. The number of anilines is 1. The average molecular weight is 561 g/mol. The number of halogens is 1. The van der Waals surface area contributed by atoms with Crippen LogP contribution < -0.4 is 10.6 Å². The third-order valence-corrected chi connectivity index (χ3v) is 10.1. The van der Waals surface area contributed by atoms with E-state index in [1.807, 2.05) is 6.07 Å². The molecule has 1 unspecified atom stereocenters. The number of benzene rings is 3. The fraction of sp³-hybridized carbons (Fsp3) is 0.400. The molecule has 0 aromatic heterocycles. The topological polar surface area (TPSA) is 24.4 Å². The predicted molar refractivity (Wildman–Crippen MR) is 177 cm³/mol. The van der Waals surface area contributed by atoms with Gasteiger partial charge in [0.2, 0.25) is 0 Å². The summed E-state index contributed by atoms with van der Waals surface area (Å²) < 4.78 is 0. The maximum atomic E-state index is 7.39. The molecular formula is C35H46ClN2P. The van der Waals surface area contributed by atoms with Crippen LogP contribution in [0.1, 0.15) is 115 Å². The third kappa shape index (κ3) is 7.41. The molecule has 0 amide bonds. The Kier molecular flexibility index (Phi) is 11.0. The number of hydrogen-bond donors (Lipinski definition) is 1. The van der Waals surface area contributed by atoms with Crippen molar-refractivity contribution in [1.29, 1.82) is 0 Å². The Morgan fingerprint density at radius 2 is 1.08 bits per heavy atom. The van der Waals surface area contributed by atoms with Crippen LogP contribution in [0.25, 0.3) is 0 Å². The minimum Gasteiger partial charge on any atom is -0.358 e. The fourth-order valence-corrected chi connectivity index (χ4v) is 7.51. The summed E-state index contributed by atoms with van der Waals surface area (Å²) in [4.78, 5) is 5.38. The van der Waals surface area contributed by atoms with Gasteiger partial charge in [-0.2, -0.15) is 0 Å². The average Bonchev–Trinajstić information content (AvgIpc) is 2.88. The molecule has 4 heteroatoms. The highest BCUT2D eigenvalue weighted by atomic mass is 35.7. The molecule has 1 N–H and O–H groups in total. The molecule has 39 heavy (non-hydrogen) atoms. The van der Waals surface area contributed by atoms with Crippen molar-refractivity contribution in [2.45, 2.75) is 92.9 Å². The molecule has 3 aromatic carbocycles. The van der Waals surface area contributed by atoms with Crippen LogP contribution in [0.3, 0.4) is 0 Å². The first-order chi connectivity index (χ1) is 18.4. The van der Waals surface area contributed by atoms with Crippen molar-refractivity contribution in [3.8, 4) is 0 Å². The maximum Gasteiger partial charge on any atom is 0.0702 e. The van der Waals surface area contributed by atoms with Crippen molar-refractivity contribution in [2.24, 2.45) is 4.99 Å². The zero-order valence-corrected chi connectivity index (χ0v) is 27.1. The van der Waals surface area contributed by atoms with E-state index in [1.165, 1.54) is 27.9 Å². The van der Waals surface area contributed by atoms with E-state index in [4.69, 9.17) is 16.2 Å². The van der Waals surface area contributed by atoms with E-state index >= 15 is 0 Å². The van der Waals surface area contributed by atoms with E-state index in [0.717, 1.165) is 27.7 Å². The van der Waals surface area contributed by atoms with Gasteiger partial charge in [0.25, 0.3) is 0 Å². The molecule has 0 aliphatic rings. The van der Waals surface area contributed by atoms with Crippen LogP contribution in [0, 0.1) is 0 Å². The van der Waals surface area contributed by atoms with Crippen LogP contribution in [-0.2, 0) is 0 Å². The number of hydrogen-bond acceptors (Lipinski definition) is 2. The fourth-order valence-electron chi connectivity index (χ4n) is 5.05. The molecule has 0 aliphatic carbocycles. The predicted octanol–water partition coefficient (Wildman–Crippen LogP) is 11.6. The van der Waals surface area contributed by atoms with Crippen molar-refractivity contribution in [2.75, 3.05) is 5.32 Å². The summed E-state index contributed by atoms with van der Waals surface area (Å²) >= 11 is 7.39. The molecular weight excluding hydrogens is 515 g/mol. The van der Waals surface area contributed by atoms with Crippen molar-refractivity contribution >= 4 is 40.9 Å². The molecule has 0 spiro atoms. The number of allylic oxidation sites excluding steroid dienone is 2. The zero-order valence-electron chi connectivity index (χ0n) is 25.4. The van der Waals surface area contributed by atoms with Gasteiger partial charge in [0, 0.05) is 22.4 Å². The zero-order chi connectivity index (χ0) is 28.9. The molecule has 0 radical (unpaired) electrons. The standard InChI is InChI=1S/C35H46ClN2P/c1-22(2)29-18-14-19-30(23(3)4)33(29)37-26(9)35(39(36)28-16-12-11-13-17-28)27(10)38-34-31(24(5)6)20-15-21-32(34)25(7)8/h11-25,37H,1-10H3/b35-26-,38-27?. The molecule has 208 valence electrons. The van der Waals surface area contributed by atoms with Gasteiger partial charge in [-0.05, 0) is 65.1 Å². The van der Waals surface area contributed by atoms with Gasteiger partial charge in [0.1, 0.15) is 0 Å². The van der Waals surface area contributed by atoms with E-state index in [-0.39, 0.29) is 0 Å². The van der Waals surface area contributed by atoms with Gasteiger partial charge in [-0.3, -0.25) is 4.99 Å². The van der Waals surface area contributed by atoms with Gasteiger partial charge in [-0.15, -0.1) is 0 Å². The Labute approximate surface area is 243 Å². The first kappa shape index (κ1) is 31.1. The van der Waals surface area contributed by atoms with Crippen molar-refractivity contribution in [3.63, 3.8) is 0 Å². The molecule has 1 atom stereocenters. The summed E-state index contributed by atoms with van der Waals surface area (Å²) in [5.74, 6) is 1.55. The SMILES string of the molecule is CC(=Nc1c(C(C)C)cccc1C(C)C)/C(=C(\C)Nc1c(C(C)C)cccc1C(C)C)P(Cl)c1ccccc1. The number of aliphatic imine (C=N–C) groups is 1. The first-order valence-electron chi connectivity index (χ1n) is 14.2. The van der Waals surface area contributed by atoms with Crippen molar-refractivity contribution in [1.82, 2.24) is 0 Å². The molecule has 0 heterocycles. The molecule has 0 aliphatic heterocycles. The summed E-state index contributed by atoms with van der Waals surface area (Å²) in [5, 5.41) is 6.07. The van der Waals surface area contributed by atoms with Crippen molar-refractivity contribution in [3.05, 3.63) is 100.0 Å². The van der Waals surface area contributed by atoms with Crippen molar-refractivity contribution < 1.29 is 0 Å². The first-order valence-corrected chi connectivity index (χ1v) is 16.5. The molecule has 3 aromatic rings. The minimum absolute atomic E-state index is 0.375. The van der Waals surface area contributed by atoms with Gasteiger partial charge >= 0.3 is 0 Å². The highest BCUT2D eigenvalue weighted by molar-refractivity contribution is 7.94. The quantitative estimate of drug-likeness (QED) is 0.193. The number of nitrogens with zero attached hydrogens (tertiary/aromatic N) is 1. The Morgan fingerprint density at radius 1 is 0.641 bits per heavy atom. The van der Waals surface area contributed by atoms with Crippen LogP contribution in [0.4, 0.5) is 11.4 Å². The van der Waals surface area contributed by atoms with E-state index in [2.05, 4.69) is 135 Å². The second kappa shape index (κ2) is 13.8. The van der Waals surface area contributed by atoms with Gasteiger partial charge in [0.05, 0.1) is 13.0 Å². The lowest BCUT2D eigenvalue weighted by Gasteiger charge is -2.25. The molecule has 0 bridgehead atoms. The lowest BCUT2D eigenvalue weighted by Crippen LogP contribution is -2.12. The van der Waals surface area contributed by atoms with Crippen LogP contribution in [0.15, 0.2) is 82.7 Å². The molecule has 0 saturated carbocycles. The summed E-state index contributed by atoms with van der Waals surface area (Å²) in [5.41, 5.74) is 9.50. The molecule has 0 saturated heterocycles. The maximum absolute atomic E-state index is 7.39. The van der Waals surface area contributed by atoms with E-state index in [0.29, 0.717) is 23.7 Å². The smallest absolute Gasteiger partial charge is 0.0702 e. The molecule has 3 rings (SSSR count). The minimum atomic E-state index is -1.15. The summed E-state index contributed by atoms with van der Waals surface area (Å²) in [6.07, 6.45) is 0. The number of para-hydroxylation sites is 2. The van der Waals surface area contributed by atoms with E-state index < -0.39 is 7.27 Å². The second-order valence-electron chi connectivity index (χ2n) is 11.6. The van der Waals surface area contributed by atoms with Gasteiger partial charge in [-0.1, -0.05) is 133 Å². The van der Waals surface area contributed by atoms with E-state index in [1.54, 1.807) is 0 Å². The molecule has 0 fully saturated rings. The van der Waals surface area contributed by atoms with Crippen LogP contribution in [0.2, 0.25) is 0 Å². The van der Waals surface area contributed by atoms with Crippen LogP contribution in [-0.4, -0.2) is 5.71 Å². The third-order valence-electron chi connectivity index (χ3n) is 7.18. The molecule has 2 nitrogen and oxygen atoms in total. The highest BCUT2D eigenvalue weighted by Crippen LogP contribution is 2.51. The van der Waals surface area contributed by atoms with Gasteiger partial charge in [0.15, 0.2) is 0 Å². The summed E-state index contributed by atoms with van der Waals surface area (Å²) in [6, 6.07) is 23.7. The Morgan fingerprint density at radius 3 is 1.51 bits per heavy atom.